The van der Waals surface area contributed by atoms with Gasteiger partial charge < -0.3 is 15.4 Å². The number of nitrogens with one attached hydrogen (secondary N) is 2. The summed E-state index contributed by atoms with van der Waals surface area (Å²) in [5.41, 5.74) is 1.77. The molecule has 0 bridgehead atoms. The van der Waals surface area contributed by atoms with Crippen molar-refractivity contribution < 1.29 is 13.5 Å². The van der Waals surface area contributed by atoms with E-state index in [2.05, 4.69) is 20.6 Å². The number of ether oxygens (including phenoxy) is 1. The highest BCUT2D eigenvalue weighted by Crippen LogP contribution is 2.40. The highest BCUT2D eigenvalue weighted by atomic mass is 19.1. The van der Waals surface area contributed by atoms with Gasteiger partial charge in [-0.3, -0.25) is 0 Å². The molecule has 158 valence electrons. The molecule has 7 nitrogen and oxygen atoms in total. The summed E-state index contributed by atoms with van der Waals surface area (Å²) >= 11 is 0. The first kappa shape index (κ1) is 19.2. The average Bonchev–Trinajstić information content (AvgIpc) is 3.11. The third kappa shape index (κ3) is 3.36. The molecule has 1 atom stereocenters. The fourth-order valence-corrected chi connectivity index (χ4v) is 4.12. The summed E-state index contributed by atoms with van der Waals surface area (Å²) in [6, 6.07) is 2.73. The van der Waals surface area contributed by atoms with Crippen LogP contribution in [0.4, 0.5) is 14.6 Å². The zero-order valence-corrected chi connectivity index (χ0v) is 16.8. The first-order valence-corrected chi connectivity index (χ1v) is 10.4. The maximum atomic E-state index is 14.7. The summed E-state index contributed by atoms with van der Waals surface area (Å²) in [7, 11) is 1.61. The normalized spacial score (nSPS) is 19.6. The van der Waals surface area contributed by atoms with Gasteiger partial charge in [-0.05, 0) is 32.2 Å². The van der Waals surface area contributed by atoms with E-state index in [1.807, 2.05) is 0 Å². The fourth-order valence-electron chi connectivity index (χ4n) is 4.12. The summed E-state index contributed by atoms with van der Waals surface area (Å²) in [6.07, 6.45) is 6.67. The third-order valence-electron chi connectivity index (χ3n) is 6.01. The van der Waals surface area contributed by atoms with Crippen LogP contribution in [0.1, 0.15) is 43.7 Å². The van der Waals surface area contributed by atoms with Crippen molar-refractivity contribution in [3.8, 4) is 17.1 Å². The molecule has 2 aliphatic rings. The van der Waals surface area contributed by atoms with Crippen molar-refractivity contribution in [1.82, 2.24) is 24.9 Å². The van der Waals surface area contributed by atoms with Gasteiger partial charge in [0.15, 0.2) is 23.1 Å². The fraction of sp³-hybridized carbons (Fsp3) is 0.476. The van der Waals surface area contributed by atoms with E-state index in [1.165, 1.54) is 6.20 Å². The number of anilines is 1. The summed E-state index contributed by atoms with van der Waals surface area (Å²) in [6.45, 7) is 1.67. The molecule has 5 rings (SSSR count). The topological polar surface area (TPSA) is 76.4 Å². The predicted octanol–water partition coefficient (Wildman–Crippen LogP) is 3.51. The number of aromatic nitrogens is 4. The minimum Gasteiger partial charge on any atom is -0.495 e. The van der Waals surface area contributed by atoms with Gasteiger partial charge in [0.25, 0.3) is 0 Å². The van der Waals surface area contributed by atoms with Gasteiger partial charge in [-0.2, -0.15) is 5.10 Å². The molecular weight excluding hydrogens is 390 g/mol. The molecule has 0 spiro atoms. The molecule has 1 saturated carbocycles. The van der Waals surface area contributed by atoms with Crippen molar-refractivity contribution in [3.05, 3.63) is 35.7 Å². The maximum Gasteiger partial charge on any atom is 0.168 e. The van der Waals surface area contributed by atoms with Gasteiger partial charge in [0, 0.05) is 30.6 Å². The molecule has 1 aliphatic heterocycles. The van der Waals surface area contributed by atoms with E-state index in [4.69, 9.17) is 9.84 Å². The number of piperidine rings is 1. The molecule has 1 saturated heterocycles. The molecular formula is C21H24F2N6O. The van der Waals surface area contributed by atoms with E-state index >= 15 is 0 Å². The SMILES string of the molecule is COc1cc2ncc(-c3nc(N[C@@H]4CCCNC4)c(F)cc3F)n2nc1C1CCC1. The Labute approximate surface area is 172 Å². The Morgan fingerprint density at radius 1 is 1.17 bits per heavy atom. The van der Waals surface area contributed by atoms with Crippen LogP contribution in [0.25, 0.3) is 17.0 Å². The van der Waals surface area contributed by atoms with Crippen LogP contribution >= 0.6 is 0 Å². The van der Waals surface area contributed by atoms with Crippen LogP contribution in [-0.2, 0) is 0 Å². The highest BCUT2D eigenvalue weighted by molar-refractivity contribution is 5.63. The summed E-state index contributed by atoms with van der Waals surface area (Å²) in [5.74, 6) is -0.404. The first-order chi connectivity index (χ1) is 14.6. The number of pyridine rings is 1. The van der Waals surface area contributed by atoms with Crippen LogP contribution in [0.2, 0.25) is 0 Å². The third-order valence-corrected chi connectivity index (χ3v) is 6.01. The first-order valence-electron chi connectivity index (χ1n) is 10.4. The number of hydrogen-bond donors (Lipinski definition) is 2. The highest BCUT2D eigenvalue weighted by Gasteiger charge is 2.27. The largest absolute Gasteiger partial charge is 0.495 e. The molecule has 3 aromatic rings. The van der Waals surface area contributed by atoms with Gasteiger partial charge in [0.2, 0.25) is 0 Å². The summed E-state index contributed by atoms with van der Waals surface area (Å²) in [5, 5.41) is 11.1. The summed E-state index contributed by atoms with van der Waals surface area (Å²) in [4.78, 5) is 8.64. The van der Waals surface area contributed by atoms with Crippen LogP contribution in [-0.4, -0.2) is 45.8 Å². The lowest BCUT2D eigenvalue weighted by Crippen LogP contribution is -2.38. The Morgan fingerprint density at radius 2 is 2.03 bits per heavy atom. The van der Waals surface area contributed by atoms with Gasteiger partial charge in [-0.25, -0.2) is 23.3 Å². The quantitative estimate of drug-likeness (QED) is 0.666. The molecule has 0 amide bonds. The number of nitrogens with zero attached hydrogens (tertiary/aromatic N) is 4. The Kier molecular flexibility index (Phi) is 4.98. The monoisotopic (exact) mass is 414 g/mol. The van der Waals surface area contributed by atoms with E-state index in [0.29, 0.717) is 23.0 Å². The molecule has 2 fully saturated rings. The molecule has 0 radical (unpaired) electrons. The van der Waals surface area contributed by atoms with Crippen molar-refractivity contribution in [3.63, 3.8) is 0 Å². The number of halogens is 2. The Bertz CT molecular complexity index is 1080. The van der Waals surface area contributed by atoms with Crippen LogP contribution in [0.3, 0.4) is 0 Å². The lowest BCUT2D eigenvalue weighted by Gasteiger charge is -2.26. The molecule has 0 aromatic carbocycles. The Morgan fingerprint density at radius 3 is 2.73 bits per heavy atom. The maximum absolute atomic E-state index is 14.7. The van der Waals surface area contributed by atoms with Crippen molar-refractivity contribution in [1.29, 1.82) is 0 Å². The van der Waals surface area contributed by atoms with Gasteiger partial charge >= 0.3 is 0 Å². The molecule has 9 heteroatoms. The predicted molar refractivity (Wildman–Crippen MR) is 109 cm³/mol. The second-order valence-electron chi connectivity index (χ2n) is 7.98. The average molecular weight is 414 g/mol. The minimum atomic E-state index is -0.746. The standard InChI is InChI=1S/C21H24F2N6O/c1-30-17-9-18-25-11-16(29(18)28-19(17)12-4-2-5-12)20-14(22)8-15(23)21(27-20)26-13-6-3-7-24-10-13/h8-9,11-13,24H,2-7,10H2,1H3,(H,26,27)/t13-/m1/s1. The van der Waals surface area contributed by atoms with E-state index in [9.17, 15) is 8.78 Å². The number of hydrogen-bond acceptors (Lipinski definition) is 6. The van der Waals surface area contributed by atoms with Gasteiger partial charge in [0.05, 0.1) is 13.3 Å². The number of rotatable bonds is 5. The van der Waals surface area contributed by atoms with E-state index in [0.717, 1.165) is 57.0 Å². The summed E-state index contributed by atoms with van der Waals surface area (Å²) < 4.78 is 36.2. The number of methoxy groups -OCH3 is 1. The van der Waals surface area contributed by atoms with Crippen molar-refractivity contribution in [2.75, 3.05) is 25.5 Å². The lowest BCUT2D eigenvalue weighted by molar-refractivity contribution is 0.362. The molecule has 1 aliphatic carbocycles. The Hall–Kier alpha value is -2.81. The van der Waals surface area contributed by atoms with Gasteiger partial charge in [0.1, 0.15) is 22.8 Å². The van der Waals surface area contributed by atoms with Crippen LogP contribution in [0.15, 0.2) is 18.3 Å². The van der Waals surface area contributed by atoms with Crippen molar-refractivity contribution in [2.45, 2.75) is 44.1 Å². The smallest absolute Gasteiger partial charge is 0.168 e. The van der Waals surface area contributed by atoms with Gasteiger partial charge in [-0.1, -0.05) is 6.42 Å². The molecule has 4 heterocycles. The molecule has 2 N–H and O–H groups in total. The van der Waals surface area contributed by atoms with E-state index < -0.39 is 11.6 Å². The second kappa shape index (κ2) is 7.79. The zero-order chi connectivity index (χ0) is 20.7. The second-order valence-corrected chi connectivity index (χ2v) is 7.98. The van der Waals surface area contributed by atoms with Crippen LogP contribution in [0.5, 0.6) is 5.75 Å². The van der Waals surface area contributed by atoms with Crippen LogP contribution in [0, 0.1) is 11.6 Å². The molecule has 30 heavy (non-hydrogen) atoms. The Balaban J connectivity index is 1.56. The minimum absolute atomic E-state index is 0.0207. The zero-order valence-electron chi connectivity index (χ0n) is 16.8. The lowest BCUT2D eigenvalue weighted by atomic mass is 9.82. The van der Waals surface area contributed by atoms with Crippen LogP contribution < -0.4 is 15.4 Å². The molecule has 0 unspecified atom stereocenters. The van der Waals surface area contributed by atoms with Crippen molar-refractivity contribution in [2.24, 2.45) is 0 Å². The number of imidazole rings is 1. The number of fused-ring (bicyclic) bond motifs is 1. The van der Waals surface area contributed by atoms with Crippen molar-refractivity contribution >= 4 is 11.5 Å². The van der Waals surface area contributed by atoms with E-state index in [1.54, 1.807) is 17.7 Å². The molecule has 3 aromatic heterocycles. The van der Waals surface area contributed by atoms with Gasteiger partial charge in [-0.15, -0.1) is 0 Å². The van der Waals surface area contributed by atoms with E-state index in [-0.39, 0.29) is 17.6 Å².